The molecule has 2 amide bonds. The number of aliphatic hydroxyl groups is 2. The van der Waals surface area contributed by atoms with Crippen molar-refractivity contribution < 1.29 is 34.1 Å². The molecule has 1 saturated heterocycles. The summed E-state index contributed by atoms with van der Waals surface area (Å²) >= 11 is 0. The van der Waals surface area contributed by atoms with Crippen molar-refractivity contribution in [2.45, 2.75) is 64.0 Å². The predicted octanol–water partition coefficient (Wildman–Crippen LogP) is -0.605. The Kier molecular flexibility index (Phi) is 6.56. The molecular weight excluding hydrogens is 320 g/mol. The van der Waals surface area contributed by atoms with Crippen LogP contribution in [0.2, 0.25) is 0 Å². The van der Waals surface area contributed by atoms with Gasteiger partial charge in [0.2, 0.25) is 5.91 Å². The number of hydrogen-bond donors (Lipinski definition) is 3. The molecule has 1 aliphatic heterocycles. The number of rotatable bonds is 4. The molecule has 138 valence electrons. The Morgan fingerprint density at radius 1 is 1.29 bits per heavy atom. The fourth-order valence-corrected chi connectivity index (χ4v) is 2.42. The summed E-state index contributed by atoms with van der Waals surface area (Å²) in [7, 11) is 1.18. The van der Waals surface area contributed by atoms with Crippen LogP contribution >= 0.6 is 0 Å². The zero-order chi connectivity index (χ0) is 18.7. The van der Waals surface area contributed by atoms with E-state index in [2.05, 4.69) is 10.1 Å². The first kappa shape index (κ1) is 20.2. The molecule has 4 atom stereocenters. The number of likely N-dealkylation sites (tertiary alicyclic amines) is 1. The highest BCUT2D eigenvalue weighted by Gasteiger charge is 2.43. The van der Waals surface area contributed by atoms with Crippen LogP contribution in [0.4, 0.5) is 4.79 Å². The fraction of sp³-hybridized carbons (Fsp3) is 0.800. The van der Waals surface area contributed by atoms with Gasteiger partial charge in [0.15, 0.2) is 0 Å². The standard InChI is InChI=1S/C15H26N2O7/c1-8(18)11(16-14(22)24-15(2,3)4)12(20)17-7-9(19)6-10(17)13(21)23-5/h8-11,18-19H,6-7H2,1-5H3,(H,16,22)/t8-,9-,10+,11+/m1/s1. The van der Waals surface area contributed by atoms with Crippen LogP contribution in [0.3, 0.4) is 0 Å². The summed E-state index contributed by atoms with van der Waals surface area (Å²) in [5.74, 6) is -1.36. The molecular formula is C15H26N2O7. The van der Waals surface area contributed by atoms with Crippen molar-refractivity contribution in [3.8, 4) is 0 Å². The Labute approximate surface area is 140 Å². The van der Waals surface area contributed by atoms with Crippen molar-refractivity contribution in [3.63, 3.8) is 0 Å². The second kappa shape index (κ2) is 7.80. The summed E-state index contributed by atoms with van der Waals surface area (Å²) in [4.78, 5) is 37.4. The Hall–Kier alpha value is -1.87. The number of hydrogen-bond acceptors (Lipinski definition) is 7. The quantitative estimate of drug-likeness (QED) is 0.580. The topological polar surface area (TPSA) is 125 Å². The van der Waals surface area contributed by atoms with E-state index in [0.717, 1.165) is 4.90 Å². The number of methoxy groups -OCH3 is 1. The minimum Gasteiger partial charge on any atom is -0.467 e. The van der Waals surface area contributed by atoms with Crippen LogP contribution in [0, 0.1) is 0 Å². The number of carbonyl (C=O) groups is 3. The summed E-state index contributed by atoms with van der Waals surface area (Å²) in [5, 5.41) is 21.9. The number of nitrogens with one attached hydrogen (secondary N) is 1. The maximum atomic E-state index is 12.6. The molecule has 1 heterocycles. The Bertz CT molecular complexity index is 487. The SMILES string of the molecule is COC(=O)[C@@H]1C[C@@H](O)CN1C(=O)[C@@H](NC(=O)OC(C)(C)C)[C@@H](C)O. The first-order valence-electron chi connectivity index (χ1n) is 7.70. The fourth-order valence-electron chi connectivity index (χ4n) is 2.42. The average molecular weight is 346 g/mol. The van der Waals surface area contributed by atoms with Gasteiger partial charge in [-0.25, -0.2) is 9.59 Å². The third kappa shape index (κ3) is 5.34. The molecule has 0 aromatic heterocycles. The third-order valence-electron chi connectivity index (χ3n) is 3.46. The maximum Gasteiger partial charge on any atom is 0.408 e. The van der Waals surface area contributed by atoms with E-state index in [1.807, 2.05) is 0 Å². The van der Waals surface area contributed by atoms with Crippen LogP contribution in [0.25, 0.3) is 0 Å². The van der Waals surface area contributed by atoms with E-state index in [9.17, 15) is 24.6 Å². The Morgan fingerprint density at radius 3 is 2.33 bits per heavy atom. The number of esters is 1. The van der Waals surface area contributed by atoms with E-state index in [0.29, 0.717) is 0 Å². The summed E-state index contributed by atoms with van der Waals surface area (Å²) in [6, 6.07) is -2.27. The Morgan fingerprint density at radius 2 is 1.88 bits per heavy atom. The molecule has 0 bridgehead atoms. The highest BCUT2D eigenvalue weighted by atomic mass is 16.6. The molecule has 0 saturated carbocycles. The van der Waals surface area contributed by atoms with Gasteiger partial charge in [-0.05, 0) is 27.7 Å². The first-order chi connectivity index (χ1) is 11.0. The lowest BCUT2D eigenvalue weighted by Gasteiger charge is -2.30. The average Bonchev–Trinajstić information content (AvgIpc) is 2.83. The van der Waals surface area contributed by atoms with Gasteiger partial charge in [-0.3, -0.25) is 4.79 Å². The number of nitrogens with zero attached hydrogens (tertiary/aromatic N) is 1. The van der Waals surface area contributed by atoms with Crippen molar-refractivity contribution in [3.05, 3.63) is 0 Å². The van der Waals surface area contributed by atoms with Crippen LogP contribution in [0.15, 0.2) is 0 Å². The predicted molar refractivity (Wildman–Crippen MR) is 83.0 cm³/mol. The molecule has 24 heavy (non-hydrogen) atoms. The molecule has 0 spiro atoms. The minimum absolute atomic E-state index is 0.0391. The number of amides is 2. The van der Waals surface area contributed by atoms with Gasteiger partial charge in [0.05, 0.1) is 19.3 Å². The lowest BCUT2D eigenvalue weighted by molar-refractivity contribution is -0.152. The van der Waals surface area contributed by atoms with Gasteiger partial charge in [0.25, 0.3) is 0 Å². The second-order valence-corrected chi connectivity index (χ2v) is 6.78. The van der Waals surface area contributed by atoms with Gasteiger partial charge in [-0.2, -0.15) is 0 Å². The third-order valence-corrected chi connectivity index (χ3v) is 3.46. The van der Waals surface area contributed by atoms with Gasteiger partial charge < -0.3 is 29.9 Å². The number of ether oxygens (including phenoxy) is 2. The van der Waals surface area contributed by atoms with E-state index in [4.69, 9.17) is 4.74 Å². The molecule has 0 aliphatic carbocycles. The first-order valence-corrected chi connectivity index (χ1v) is 7.70. The lowest BCUT2D eigenvalue weighted by atomic mass is 10.1. The van der Waals surface area contributed by atoms with Crippen molar-refractivity contribution in [1.29, 1.82) is 0 Å². The van der Waals surface area contributed by atoms with Crippen LogP contribution in [0.1, 0.15) is 34.1 Å². The lowest BCUT2D eigenvalue weighted by Crippen LogP contribution is -2.56. The number of carbonyl (C=O) groups excluding carboxylic acids is 3. The van der Waals surface area contributed by atoms with Crippen molar-refractivity contribution >= 4 is 18.0 Å². The molecule has 9 nitrogen and oxygen atoms in total. The highest BCUT2D eigenvalue weighted by molar-refractivity contribution is 5.90. The monoisotopic (exact) mass is 346 g/mol. The van der Waals surface area contributed by atoms with Crippen LogP contribution < -0.4 is 5.32 Å². The van der Waals surface area contributed by atoms with Crippen LogP contribution in [-0.4, -0.2) is 76.6 Å². The van der Waals surface area contributed by atoms with Crippen molar-refractivity contribution in [2.75, 3.05) is 13.7 Å². The number of alkyl carbamates (subject to hydrolysis) is 1. The normalized spacial score (nSPS) is 23.4. The van der Waals surface area contributed by atoms with E-state index in [1.54, 1.807) is 20.8 Å². The van der Waals surface area contributed by atoms with Gasteiger partial charge in [-0.1, -0.05) is 0 Å². The van der Waals surface area contributed by atoms with E-state index in [1.165, 1.54) is 14.0 Å². The van der Waals surface area contributed by atoms with Crippen LogP contribution in [0.5, 0.6) is 0 Å². The second-order valence-electron chi connectivity index (χ2n) is 6.78. The largest absolute Gasteiger partial charge is 0.467 e. The van der Waals surface area contributed by atoms with Gasteiger partial charge in [0, 0.05) is 13.0 Å². The molecule has 3 N–H and O–H groups in total. The van der Waals surface area contributed by atoms with E-state index in [-0.39, 0.29) is 13.0 Å². The van der Waals surface area contributed by atoms with Gasteiger partial charge in [0.1, 0.15) is 17.7 Å². The molecule has 1 fully saturated rings. The van der Waals surface area contributed by atoms with E-state index >= 15 is 0 Å². The summed E-state index contributed by atoms with van der Waals surface area (Å²) in [5.41, 5.74) is -0.769. The number of aliphatic hydroxyl groups excluding tert-OH is 2. The Balaban J connectivity index is 2.89. The molecule has 0 radical (unpaired) electrons. The molecule has 0 aromatic rings. The molecule has 0 aromatic carbocycles. The zero-order valence-corrected chi connectivity index (χ0v) is 14.6. The molecule has 0 unspecified atom stereocenters. The smallest absolute Gasteiger partial charge is 0.408 e. The van der Waals surface area contributed by atoms with Crippen molar-refractivity contribution in [1.82, 2.24) is 10.2 Å². The summed E-state index contributed by atoms with van der Waals surface area (Å²) in [6.45, 7) is 6.24. The van der Waals surface area contributed by atoms with Crippen LogP contribution in [-0.2, 0) is 19.1 Å². The van der Waals surface area contributed by atoms with Crippen molar-refractivity contribution in [2.24, 2.45) is 0 Å². The zero-order valence-electron chi connectivity index (χ0n) is 14.6. The van der Waals surface area contributed by atoms with Gasteiger partial charge >= 0.3 is 12.1 Å². The molecule has 9 heteroatoms. The van der Waals surface area contributed by atoms with E-state index < -0.39 is 47.9 Å². The molecule has 1 aliphatic rings. The summed E-state index contributed by atoms with van der Waals surface area (Å²) < 4.78 is 9.71. The summed E-state index contributed by atoms with van der Waals surface area (Å²) in [6.07, 6.45) is -2.93. The maximum absolute atomic E-state index is 12.6. The minimum atomic E-state index is -1.31. The highest BCUT2D eigenvalue weighted by Crippen LogP contribution is 2.21. The number of β-amino-alcohol motifs (C(OH)–C–C–N with tert-alkyl or cyclic N) is 1. The molecule has 1 rings (SSSR count). The van der Waals surface area contributed by atoms with Gasteiger partial charge in [-0.15, -0.1) is 0 Å².